The van der Waals surface area contributed by atoms with Crippen molar-refractivity contribution in [3.05, 3.63) is 0 Å². The van der Waals surface area contributed by atoms with Crippen LogP contribution in [0.5, 0.6) is 0 Å². The molecular weight excluding hydrogens is 206 g/mol. The first-order chi connectivity index (χ1) is 7.69. The molecule has 3 N–H and O–H groups in total. The van der Waals surface area contributed by atoms with E-state index in [4.69, 9.17) is 10.9 Å². The molecule has 1 aliphatic rings. The van der Waals surface area contributed by atoms with Gasteiger partial charge in [0.25, 0.3) is 0 Å². The van der Waals surface area contributed by atoms with E-state index in [-0.39, 0.29) is 17.7 Å². The molecule has 92 valence electrons. The van der Waals surface area contributed by atoms with Crippen molar-refractivity contribution in [2.45, 2.75) is 39.0 Å². The van der Waals surface area contributed by atoms with E-state index in [1.54, 1.807) is 4.90 Å². The van der Waals surface area contributed by atoms with Gasteiger partial charge in [0.2, 0.25) is 5.91 Å². The van der Waals surface area contributed by atoms with Crippen molar-refractivity contribution < 1.29 is 10.0 Å². The molecule has 5 heteroatoms. The van der Waals surface area contributed by atoms with Crippen LogP contribution in [0.15, 0.2) is 5.16 Å². The molecule has 0 radical (unpaired) electrons. The highest BCUT2D eigenvalue weighted by atomic mass is 16.4. The number of amides is 1. The minimum atomic E-state index is 0.178. The molecule has 0 unspecified atom stereocenters. The maximum absolute atomic E-state index is 12.1. The van der Waals surface area contributed by atoms with Crippen LogP contribution >= 0.6 is 0 Å². The number of carbonyl (C=O) groups is 1. The maximum Gasteiger partial charge on any atom is 0.225 e. The summed E-state index contributed by atoms with van der Waals surface area (Å²) in [7, 11) is 0. The average Bonchev–Trinajstić information content (AvgIpc) is 2.82. The number of nitrogens with zero attached hydrogens (tertiary/aromatic N) is 2. The lowest BCUT2D eigenvalue weighted by Crippen LogP contribution is -2.37. The smallest absolute Gasteiger partial charge is 0.225 e. The lowest BCUT2D eigenvalue weighted by Gasteiger charge is -2.23. The van der Waals surface area contributed by atoms with Crippen LogP contribution in [0.3, 0.4) is 0 Å². The largest absolute Gasteiger partial charge is 0.409 e. The Morgan fingerprint density at radius 2 is 2.12 bits per heavy atom. The Kier molecular flexibility index (Phi) is 5.08. The molecule has 1 amide bonds. The highest BCUT2D eigenvalue weighted by molar-refractivity contribution is 5.82. The second-order valence-corrected chi connectivity index (χ2v) is 4.24. The summed E-state index contributed by atoms with van der Waals surface area (Å²) in [5.41, 5.74) is 5.39. The second kappa shape index (κ2) is 6.35. The highest BCUT2D eigenvalue weighted by Gasteiger charge is 2.26. The van der Waals surface area contributed by atoms with E-state index in [2.05, 4.69) is 5.16 Å². The molecule has 0 aromatic rings. The molecule has 0 aromatic carbocycles. The van der Waals surface area contributed by atoms with Gasteiger partial charge in [0.1, 0.15) is 5.84 Å². The second-order valence-electron chi connectivity index (χ2n) is 4.24. The van der Waals surface area contributed by atoms with Crippen LogP contribution in [0.4, 0.5) is 0 Å². The van der Waals surface area contributed by atoms with Crippen molar-refractivity contribution >= 4 is 11.7 Å². The Hall–Kier alpha value is -1.26. The molecular formula is C11H21N3O2. The summed E-state index contributed by atoms with van der Waals surface area (Å²) in [6, 6.07) is 0. The molecule has 16 heavy (non-hydrogen) atoms. The molecule has 0 heterocycles. The fourth-order valence-corrected chi connectivity index (χ4v) is 2.15. The summed E-state index contributed by atoms with van der Waals surface area (Å²) in [6.07, 6.45) is 4.78. The molecule has 1 rings (SSSR count). The van der Waals surface area contributed by atoms with Crippen molar-refractivity contribution in [2.24, 2.45) is 16.8 Å². The molecule has 0 atom stereocenters. The van der Waals surface area contributed by atoms with Crippen LogP contribution in [0.2, 0.25) is 0 Å². The fraction of sp³-hybridized carbons (Fsp3) is 0.818. The van der Waals surface area contributed by atoms with Crippen molar-refractivity contribution in [1.29, 1.82) is 0 Å². The summed E-state index contributed by atoms with van der Waals surface area (Å²) in [6.45, 7) is 3.19. The normalized spacial score (nSPS) is 17.7. The van der Waals surface area contributed by atoms with Gasteiger partial charge in [-0.2, -0.15) is 0 Å². The lowest BCUT2D eigenvalue weighted by atomic mass is 10.1. The SMILES string of the molecule is CCN(CCC(N)=NO)C(=O)C1CCCC1. The molecule has 1 aliphatic carbocycles. The number of hydrogen-bond donors (Lipinski definition) is 2. The van der Waals surface area contributed by atoms with Gasteiger partial charge in [-0.05, 0) is 19.8 Å². The van der Waals surface area contributed by atoms with Gasteiger partial charge < -0.3 is 15.8 Å². The van der Waals surface area contributed by atoms with Crippen LogP contribution in [-0.4, -0.2) is 34.9 Å². The zero-order chi connectivity index (χ0) is 12.0. The van der Waals surface area contributed by atoms with E-state index in [0.29, 0.717) is 19.5 Å². The number of hydrogen-bond acceptors (Lipinski definition) is 3. The van der Waals surface area contributed by atoms with Crippen molar-refractivity contribution in [3.63, 3.8) is 0 Å². The Labute approximate surface area is 96.3 Å². The summed E-state index contributed by atoms with van der Waals surface area (Å²) in [4.78, 5) is 13.9. The van der Waals surface area contributed by atoms with Crippen LogP contribution in [-0.2, 0) is 4.79 Å². The predicted octanol–water partition coefficient (Wildman–Crippen LogP) is 1.16. The molecule has 0 bridgehead atoms. The Morgan fingerprint density at radius 3 is 2.62 bits per heavy atom. The topological polar surface area (TPSA) is 78.9 Å². The molecule has 0 aliphatic heterocycles. The zero-order valence-corrected chi connectivity index (χ0v) is 9.85. The van der Waals surface area contributed by atoms with Gasteiger partial charge >= 0.3 is 0 Å². The minimum absolute atomic E-state index is 0.178. The standard InChI is InChI=1S/C11H21N3O2/c1-2-14(8-7-10(12)13-16)11(15)9-5-3-4-6-9/h9,16H,2-8H2,1H3,(H2,12,13). The number of rotatable bonds is 5. The highest BCUT2D eigenvalue weighted by Crippen LogP contribution is 2.26. The lowest BCUT2D eigenvalue weighted by molar-refractivity contribution is -0.135. The van der Waals surface area contributed by atoms with E-state index in [1.165, 1.54) is 0 Å². The van der Waals surface area contributed by atoms with E-state index in [9.17, 15) is 4.79 Å². The van der Waals surface area contributed by atoms with Crippen LogP contribution in [0.25, 0.3) is 0 Å². The van der Waals surface area contributed by atoms with Crippen LogP contribution in [0, 0.1) is 5.92 Å². The summed E-state index contributed by atoms with van der Waals surface area (Å²) in [5, 5.41) is 11.3. The Morgan fingerprint density at radius 1 is 1.50 bits per heavy atom. The number of carbonyl (C=O) groups excluding carboxylic acids is 1. The first-order valence-corrected chi connectivity index (χ1v) is 5.94. The molecule has 0 spiro atoms. The third kappa shape index (κ3) is 3.40. The first-order valence-electron chi connectivity index (χ1n) is 5.94. The van der Waals surface area contributed by atoms with E-state index in [1.807, 2.05) is 6.92 Å². The monoisotopic (exact) mass is 227 g/mol. The van der Waals surface area contributed by atoms with Gasteiger partial charge in [0.15, 0.2) is 0 Å². The summed E-state index contributed by atoms with van der Waals surface area (Å²) in [5.74, 6) is 0.607. The van der Waals surface area contributed by atoms with Gasteiger partial charge in [0, 0.05) is 25.4 Å². The van der Waals surface area contributed by atoms with Gasteiger partial charge in [-0.3, -0.25) is 4.79 Å². The Bertz CT molecular complexity index is 260. The molecule has 0 aromatic heterocycles. The molecule has 1 fully saturated rings. The van der Waals surface area contributed by atoms with Gasteiger partial charge in [-0.25, -0.2) is 0 Å². The average molecular weight is 227 g/mol. The van der Waals surface area contributed by atoms with Crippen molar-refractivity contribution in [3.8, 4) is 0 Å². The van der Waals surface area contributed by atoms with Gasteiger partial charge in [-0.15, -0.1) is 0 Å². The third-order valence-corrected chi connectivity index (χ3v) is 3.16. The molecule has 0 saturated heterocycles. The number of oxime groups is 1. The number of amidine groups is 1. The van der Waals surface area contributed by atoms with E-state index < -0.39 is 0 Å². The molecule has 1 saturated carbocycles. The van der Waals surface area contributed by atoms with Crippen LogP contribution < -0.4 is 5.73 Å². The zero-order valence-electron chi connectivity index (χ0n) is 9.85. The minimum Gasteiger partial charge on any atom is -0.409 e. The number of nitrogens with two attached hydrogens (primary N) is 1. The van der Waals surface area contributed by atoms with Crippen molar-refractivity contribution in [1.82, 2.24) is 4.90 Å². The molecule has 5 nitrogen and oxygen atoms in total. The third-order valence-electron chi connectivity index (χ3n) is 3.16. The van der Waals surface area contributed by atoms with Crippen LogP contribution in [0.1, 0.15) is 39.0 Å². The van der Waals surface area contributed by atoms with E-state index in [0.717, 1.165) is 25.7 Å². The predicted molar refractivity (Wildman–Crippen MR) is 62.2 cm³/mol. The van der Waals surface area contributed by atoms with Gasteiger partial charge in [0.05, 0.1) is 0 Å². The summed E-state index contributed by atoms with van der Waals surface area (Å²) < 4.78 is 0. The van der Waals surface area contributed by atoms with Crippen molar-refractivity contribution in [2.75, 3.05) is 13.1 Å². The Balaban J connectivity index is 2.43. The summed E-state index contributed by atoms with van der Waals surface area (Å²) >= 11 is 0. The fourth-order valence-electron chi connectivity index (χ4n) is 2.15. The quantitative estimate of drug-likeness (QED) is 0.320. The van der Waals surface area contributed by atoms with Gasteiger partial charge in [-0.1, -0.05) is 18.0 Å². The maximum atomic E-state index is 12.1. The van der Waals surface area contributed by atoms with E-state index >= 15 is 0 Å². The first kappa shape index (κ1) is 12.8.